The summed E-state index contributed by atoms with van der Waals surface area (Å²) in [5.74, 6) is -0.334. The molecule has 0 aliphatic carbocycles. The van der Waals surface area contributed by atoms with Crippen LogP contribution < -0.4 is 11.5 Å². The lowest BCUT2D eigenvalue weighted by Crippen LogP contribution is -2.42. The fourth-order valence-corrected chi connectivity index (χ4v) is 2.28. The van der Waals surface area contributed by atoms with Crippen molar-refractivity contribution in [2.24, 2.45) is 11.5 Å². The minimum atomic E-state index is -0.334. The third-order valence-corrected chi connectivity index (χ3v) is 3.26. The largest absolute Gasteiger partial charge is 0.369 e. The minimum absolute atomic E-state index is 0.0173. The van der Waals surface area contributed by atoms with Gasteiger partial charge < -0.3 is 11.5 Å². The van der Waals surface area contributed by atoms with Crippen LogP contribution in [0.5, 0.6) is 0 Å². The van der Waals surface area contributed by atoms with Crippen LogP contribution in [0.2, 0.25) is 0 Å². The highest BCUT2D eigenvalue weighted by molar-refractivity contribution is 5.76. The Morgan fingerprint density at radius 3 is 2.50 bits per heavy atom. The summed E-state index contributed by atoms with van der Waals surface area (Å²) in [7, 11) is 1.89. The van der Waals surface area contributed by atoms with E-state index in [1.807, 2.05) is 31.0 Å². The number of carbonyl (C=O) groups excluding carboxylic acids is 1. The van der Waals surface area contributed by atoms with Crippen molar-refractivity contribution in [1.82, 2.24) is 4.90 Å². The van der Waals surface area contributed by atoms with Gasteiger partial charge in [-0.25, -0.2) is 0 Å². The summed E-state index contributed by atoms with van der Waals surface area (Å²) >= 11 is 0. The van der Waals surface area contributed by atoms with Gasteiger partial charge in [-0.15, -0.1) is 0 Å². The number of likely N-dealkylation sites (N-methyl/N-ethyl adjacent to an activating group) is 1. The Labute approximate surface area is 109 Å². The van der Waals surface area contributed by atoms with Crippen LogP contribution in [0.25, 0.3) is 0 Å². The molecule has 4 heteroatoms. The third-order valence-electron chi connectivity index (χ3n) is 3.26. The molecular weight excluding hydrogens is 226 g/mol. The van der Waals surface area contributed by atoms with Crippen molar-refractivity contribution in [2.75, 3.05) is 13.6 Å². The first-order valence-electron chi connectivity index (χ1n) is 6.27. The summed E-state index contributed by atoms with van der Waals surface area (Å²) in [5, 5.41) is 0. The van der Waals surface area contributed by atoms with Crippen LogP contribution >= 0.6 is 0 Å². The predicted molar refractivity (Wildman–Crippen MR) is 74.0 cm³/mol. The molecule has 2 unspecified atom stereocenters. The summed E-state index contributed by atoms with van der Waals surface area (Å²) in [6.07, 6.45) is 0.849. The van der Waals surface area contributed by atoms with Crippen LogP contribution in [-0.2, 0) is 4.79 Å². The smallest absolute Gasteiger partial charge is 0.231 e. The number of amides is 1. The Hall–Kier alpha value is -1.39. The first-order chi connectivity index (χ1) is 8.47. The average molecular weight is 249 g/mol. The van der Waals surface area contributed by atoms with Gasteiger partial charge in [-0.2, -0.15) is 0 Å². The van der Waals surface area contributed by atoms with E-state index in [9.17, 15) is 4.79 Å². The molecule has 0 aromatic heterocycles. The molecule has 0 heterocycles. The second-order valence-corrected chi connectivity index (χ2v) is 4.75. The van der Waals surface area contributed by atoms with Crippen molar-refractivity contribution < 1.29 is 4.79 Å². The second kappa shape index (κ2) is 6.52. The zero-order valence-corrected chi connectivity index (χ0v) is 11.4. The zero-order valence-electron chi connectivity index (χ0n) is 11.4. The van der Waals surface area contributed by atoms with Crippen molar-refractivity contribution in [3.05, 3.63) is 35.4 Å². The number of hydrogen-bond donors (Lipinski definition) is 2. The van der Waals surface area contributed by atoms with Crippen LogP contribution in [0.15, 0.2) is 24.3 Å². The standard InChI is InChI=1S/C14H23N3O/c1-4-12(15)14(17(3)9-13(16)18)11-8-6-5-7-10(11)2/h5-8,12,14H,4,9,15H2,1-3H3,(H2,16,18). The molecule has 100 valence electrons. The fraction of sp³-hybridized carbons (Fsp3) is 0.500. The molecule has 0 saturated heterocycles. The van der Waals surface area contributed by atoms with E-state index in [0.29, 0.717) is 0 Å². The number of benzene rings is 1. The molecule has 0 aliphatic heterocycles. The Bertz CT molecular complexity index is 406. The quantitative estimate of drug-likeness (QED) is 0.795. The molecule has 18 heavy (non-hydrogen) atoms. The lowest BCUT2D eigenvalue weighted by atomic mass is 9.93. The van der Waals surface area contributed by atoms with Gasteiger partial charge in [0.05, 0.1) is 12.6 Å². The topological polar surface area (TPSA) is 72.3 Å². The molecule has 1 rings (SSSR count). The molecule has 1 aromatic rings. The van der Waals surface area contributed by atoms with Crippen LogP contribution in [0.1, 0.15) is 30.5 Å². The van der Waals surface area contributed by atoms with Gasteiger partial charge in [0.25, 0.3) is 0 Å². The molecule has 4 nitrogen and oxygen atoms in total. The average Bonchev–Trinajstić information content (AvgIpc) is 2.30. The highest BCUT2D eigenvalue weighted by Gasteiger charge is 2.25. The van der Waals surface area contributed by atoms with Gasteiger partial charge in [-0.05, 0) is 31.5 Å². The van der Waals surface area contributed by atoms with Crippen LogP contribution in [0.4, 0.5) is 0 Å². The van der Waals surface area contributed by atoms with Gasteiger partial charge in [-0.1, -0.05) is 31.2 Å². The molecule has 0 saturated carbocycles. The highest BCUT2D eigenvalue weighted by atomic mass is 16.1. The molecule has 4 N–H and O–H groups in total. The predicted octanol–water partition coefficient (Wildman–Crippen LogP) is 1.19. The number of aryl methyl sites for hydroxylation is 1. The van der Waals surface area contributed by atoms with Gasteiger partial charge in [0.1, 0.15) is 0 Å². The fourth-order valence-electron chi connectivity index (χ4n) is 2.28. The summed E-state index contributed by atoms with van der Waals surface area (Å²) < 4.78 is 0. The Balaban J connectivity index is 3.05. The third kappa shape index (κ3) is 3.55. The molecule has 1 amide bonds. The van der Waals surface area contributed by atoms with Gasteiger partial charge in [0, 0.05) is 6.04 Å². The molecule has 0 spiro atoms. The van der Waals surface area contributed by atoms with E-state index >= 15 is 0 Å². The van der Waals surface area contributed by atoms with E-state index in [1.54, 1.807) is 0 Å². The van der Waals surface area contributed by atoms with Crippen LogP contribution in [0, 0.1) is 6.92 Å². The summed E-state index contributed by atoms with van der Waals surface area (Å²) in [6.45, 7) is 4.32. The van der Waals surface area contributed by atoms with Gasteiger partial charge in [-0.3, -0.25) is 9.69 Å². The first kappa shape index (κ1) is 14.7. The van der Waals surface area contributed by atoms with Crippen molar-refractivity contribution in [3.63, 3.8) is 0 Å². The molecule has 0 fully saturated rings. The van der Waals surface area contributed by atoms with Crippen LogP contribution in [-0.4, -0.2) is 30.4 Å². The SMILES string of the molecule is CCC(N)C(c1ccccc1C)N(C)CC(N)=O. The molecule has 0 aliphatic rings. The summed E-state index contributed by atoms with van der Waals surface area (Å²) in [5.41, 5.74) is 13.8. The van der Waals surface area contributed by atoms with Gasteiger partial charge in [0.15, 0.2) is 0 Å². The number of carbonyl (C=O) groups is 1. The van der Waals surface area contributed by atoms with Crippen molar-refractivity contribution in [2.45, 2.75) is 32.4 Å². The van der Waals surface area contributed by atoms with E-state index in [1.165, 1.54) is 5.56 Å². The van der Waals surface area contributed by atoms with E-state index in [4.69, 9.17) is 11.5 Å². The Morgan fingerprint density at radius 1 is 1.39 bits per heavy atom. The van der Waals surface area contributed by atoms with Crippen LogP contribution in [0.3, 0.4) is 0 Å². The van der Waals surface area contributed by atoms with Crippen molar-refractivity contribution >= 4 is 5.91 Å². The summed E-state index contributed by atoms with van der Waals surface area (Å²) in [6, 6.07) is 8.12. The number of rotatable bonds is 6. The molecule has 1 aromatic carbocycles. The second-order valence-electron chi connectivity index (χ2n) is 4.75. The van der Waals surface area contributed by atoms with E-state index < -0.39 is 0 Å². The molecular formula is C14H23N3O. The van der Waals surface area contributed by atoms with Crippen molar-refractivity contribution in [3.8, 4) is 0 Å². The maximum Gasteiger partial charge on any atom is 0.231 e. The Kier molecular flexibility index (Phi) is 5.31. The first-order valence-corrected chi connectivity index (χ1v) is 6.27. The van der Waals surface area contributed by atoms with Crippen molar-refractivity contribution in [1.29, 1.82) is 0 Å². The van der Waals surface area contributed by atoms with E-state index in [0.717, 1.165) is 12.0 Å². The highest BCUT2D eigenvalue weighted by Crippen LogP contribution is 2.26. The maximum atomic E-state index is 11.1. The number of nitrogens with two attached hydrogens (primary N) is 2. The van der Waals surface area contributed by atoms with E-state index in [-0.39, 0.29) is 24.5 Å². The molecule has 0 radical (unpaired) electrons. The zero-order chi connectivity index (χ0) is 13.7. The summed E-state index contributed by atoms with van der Waals surface area (Å²) in [4.78, 5) is 13.0. The lowest BCUT2D eigenvalue weighted by Gasteiger charge is -2.33. The number of primary amides is 1. The van der Waals surface area contributed by atoms with Gasteiger partial charge in [0.2, 0.25) is 5.91 Å². The van der Waals surface area contributed by atoms with E-state index in [2.05, 4.69) is 19.1 Å². The molecule has 0 bridgehead atoms. The minimum Gasteiger partial charge on any atom is -0.369 e. The molecule has 2 atom stereocenters. The Morgan fingerprint density at radius 2 is 2.00 bits per heavy atom. The normalized spacial score (nSPS) is 14.5. The maximum absolute atomic E-state index is 11.1. The lowest BCUT2D eigenvalue weighted by molar-refractivity contribution is -0.119. The van der Waals surface area contributed by atoms with Gasteiger partial charge >= 0.3 is 0 Å². The number of nitrogens with zero attached hydrogens (tertiary/aromatic N) is 1. The number of hydrogen-bond acceptors (Lipinski definition) is 3. The monoisotopic (exact) mass is 249 g/mol.